The van der Waals surface area contributed by atoms with Gasteiger partial charge in [0.05, 0.1) is 0 Å². The minimum Gasteiger partial charge on any atom is -0.385 e. The summed E-state index contributed by atoms with van der Waals surface area (Å²) < 4.78 is 5.03. The molecular formula is C10H23NO. The molecule has 1 heterocycles. The Labute approximate surface area is 76.9 Å². The summed E-state index contributed by atoms with van der Waals surface area (Å²) in [5.74, 6) is 0. The Morgan fingerprint density at radius 3 is 2.50 bits per heavy atom. The average molecular weight is 173 g/mol. The van der Waals surface area contributed by atoms with Gasteiger partial charge < -0.3 is 9.64 Å². The van der Waals surface area contributed by atoms with Crippen molar-refractivity contribution in [2.45, 2.75) is 39.2 Å². The van der Waals surface area contributed by atoms with Crippen molar-refractivity contribution in [2.75, 3.05) is 27.3 Å². The second-order valence-electron chi connectivity index (χ2n) is 3.06. The smallest absolute Gasteiger partial charge is 0.0477 e. The topological polar surface area (TPSA) is 12.5 Å². The van der Waals surface area contributed by atoms with Crippen LogP contribution in [0.25, 0.3) is 0 Å². The Morgan fingerprint density at radius 1 is 1.42 bits per heavy atom. The standard InChI is InChI=1S/C8H17NO.C2H6/c1-9-6-3-4-8(9)5-7-10-2;1-2/h8H,3-7H2,1-2H3;1-2H3/t8-;/m0./s1. The fourth-order valence-corrected chi connectivity index (χ4v) is 1.60. The Bertz CT molecular complexity index is 95.8. The summed E-state index contributed by atoms with van der Waals surface area (Å²) in [5.41, 5.74) is 0. The van der Waals surface area contributed by atoms with Gasteiger partial charge in [-0.2, -0.15) is 0 Å². The summed E-state index contributed by atoms with van der Waals surface area (Å²) in [6, 6.07) is 0.792. The molecule has 0 bridgehead atoms. The molecule has 1 aliphatic rings. The highest BCUT2D eigenvalue weighted by Gasteiger charge is 2.19. The van der Waals surface area contributed by atoms with Crippen molar-refractivity contribution in [2.24, 2.45) is 0 Å². The summed E-state index contributed by atoms with van der Waals surface area (Å²) in [7, 11) is 3.97. The largest absolute Gasteiger partial charge is 0.385 e. The lowest BCUT2D eigenvalue weighted by molar-refractivity contribution is 0.163. The van der Waals surface area contributed by atoms with Crippen molar-refractivity contribution >= 4 is 0 Å². The van der Waals surface area contributed by atoms with Gasteiger partial charge >= 0.3 is 0 Å². The normalized spacial score (nSPS) is 23.5. The third-order valence-electron chi connectivity index (χ3n) is 2.33. The molecule has 1 saturated heterocycles. The predicted octanol–water partition coefficient (Wildman–Crippen LogP) is 2.14. The van der Waals surface area contributed by atoms with E-state index in [-0.39, 0.29) is 0 Å². The van der Waals surface area contributed by atoms with Gasteiger partial charge in [-0.05, 0) is 32.9 Å². The predicted molar refractivity (Wildman–Crippen MR) is 53.5 cm³/mol. The maximum atomic E-state index is 5.03. The molecule has 1 rings (SSSR count). The third-order valence-corrected chi connectivity index (χ3v) is 2.33. The minimum absolute atomic E-state index is 0.792. The summed E-state index contributed by atoms with van der Waals surface area (Å²) in [4.78, 5) is 2.43. The molecule has 0 aromatic heterocycles. The monoisotopic (exact) mass is 173 g/mol. The molecule has 0 amide bonds. The van der Waals surface area contributed by atoms with E-state index in [4.69, 9.17) is 4.74 Å². The number of nitrogens with zero attached hydrogens (tertiary/aromatic N) is 1. The van der Waals surface area contributed by atoms with E-state index in [2.05, 4.69) is 11.9 Å². The molecule has 0 aromatic rings. The van der Waals surface area contributed by atoms with Gasteiger partial charge in [-0.15, -0.1) is 0 Å². The molecule has 0 aromatic carbocycles. The fraction of sp³-hybridized carbons (Fsp3) is 1.00. The molecule has 12 heavy (non-hydrogen) atoms. The van der Waals surface area contributed by atoms with E-state index in [0.717, 1.165) is 12.6 Å². The van der Waals surface area contributed by atoms with E-state index >= 15 is 0 Å². The highest BCUT2D eigenvalue weighted by molar-refractivity contribution is 4.75. The van der Waals surface area contributed by atoms with Crippen LogP contribution in [0.2, 0.25) is 0 Å². The zero-order valence-corrected chi connectivity index (χ0v) is 8.97. The van der Waals surface area contributed by atoms with E-state index in [1.54, 1.807) is 7.11 Å². The Hall–Kier alpha value is -0.0800. The van der Waals surface area contributed by atoms with Gasteiger partial charge in [0, 0.05) is 19.8 Å². The van der Waals surface area contributed by atoms with E-state index < -0.39 is 0 Å². The first kappa shape index (κ1) is 11.9. The Balaban J connectivity index is 0.000000561. The van der Waals surface area contributed by atoms with Gasteiger partial charge in [0.1, 0.15) is 0 Å². The lowest BCUT2D eigenvalue weighted by atomic mass is 10.2. The second kappa shape index (κ2) is 7.56. The van der Waals surface area contributed by atoms with Crippen LogP contribution in [0.1, 0.15) is 33.1 Å². The Morgan fingerprint density at radius 2 is 2.08 bits per heavy atom. The second-order valence-corrected chi connectivity index (χ2v) is 3.06. The van der Waals surface area contributed by atoms with Crippen LogP contribution < -0.4 is 0 Å². The highest BCUT2D eigenvalue weighted by Crippen LogP contribution is 2.17. The van der Waals surface area contributed by atoms with Crippen molar-refractivity contribution in [3.63, 3.8) is 0 Å². The molecule has 1 fully saturated rings. The van der Waals surface area contributed by atoms with Crippen molar-refractivity contribution in [1.29, 1.82) is 0 Å². The summed E-state index contributed by atoms with van der Waals surface area (Å²) in [5, 5.41) is 0. The zero-order valence-electron chi connectivity index (χ0n) is 8.97. The van der Waals surface area contributed by atoms with Crippen molar-refractivity contribution < 1.29 is 4.74 Å². The molecule has 0 radical (unpaired) electrons. The molecular weight excluding hydrogens is 150 g/mol. The van der Waals surface area contributed by atoms with Crippen molar-refractivity contribution in [1.82, 2.24) is 4.90 Å². The van der Waals surface area contributed by atoms with Crippen LogP contribution in [0.15, 0.2) is 0 Å². The van der Waals surface area contributed by atoms with Crippen LogP contribution in [0, 0.1) is 0 Å². The lowest BCUT2D eigenvalue weighted by Crippen LogP contribution is -2.25. The van der Waals surface area contributed by atoms with Crippen LogP contribution >= 0.6 is 0 Å². The van der Waals surface area contributed by atoms with Gasteiger partial charge in [-0.25, -0.2) is 0 Å². The van der Waals surface area contributed by atoms with Crippen molar-refractivity contribution in [3.8, 4) is 0 Å². The molecule has 0 aliphatic carbocycles. The molecule has 0 spiro atoms. The van der Waals surface area contributed by atoms with Crippen LogP contribution in [-0.2, 0) is 4.74 Å². The number of hydrogen-bond acceptors (Lipinski definition) is 2. The maximum Gasteiger partial charge on any atom is 0.0477 e. The average Bonchev–Trinajstić information content (AvgIpc) is 2.51. The van der Waals surface area contributed by atoms with E-state index in [9.17, 15) is 0 Å². The van der Waals surface area contributed by atoms with E-state index in [0.29, 0.717) is 0 Å². The highest BCUT2D eigenvalue weighted by atomic mass is 16.5. The summed E-state index contributed by atoms with van der Waals surface area (Å²) in [6.45, 7) is 6.18. The number of methoxy groups -OCH3 is 1. The number of rotatable bonds is 3. The molecule has 0 saturated carbocycles. The van der Waals surface area contributed by atoms with Gasteiger partial charge in [0.25, 0.3) is 0 Å². The third kappa shape index (κ3) is 4.07. The minimum atomic E-state index is 0.792. The summed E-state index contributed by atoms with van der Waals surface area (Å²) in [6.07, 6.45) is 3.93. The van der Waals surface area contributed by atoms with E-state index in [1.165, 1.54) is 25.8 Å². The maximum absolute atomic E-state index is 5.03. The van der Waals surface area contributed by atoms with Crippen LogP contribution in [0.4, 0.5) is 0 Å². The molecule has 2 nitrogen and oxygen atoms in total. The van der Waals surface area contributed by atoms with Crippen LogP contribution in [-0.4, -0.2) is 38.3 Å². The molecule has 2 heteroatoms. The first-order valence-corrected chi connectivity index (χ1v) is 5.04. The SMILES string of the molecule is CC.COCC[C@@H]1CCCN1C. The number of hydrogen-bond donors (Lipinski definition) is 0. The quantitative estimate of drug-likeness (QED) is 0.648. The van der Waals surface area contributed by atoms with Gasteiger partial charge in [-0.1, -0.05) is 13.8 Å². The molecule has 1 aliphatic heterocycles. The van der Waals surface area contributed by atoms with Crippen LogP contribution in [0.3, 0.4) is 0 Å². The van der Waals surface area contributed by atoms with E-state index in [1.807, 2.05) is 13.8 Å². The molecule has 0 N–H and O–H groups in total. The Kier molecular flexibility index (Phi) is 7.51. The van der Waals surface area contributed by atoms with Gasteiger partial charge in [0.2, 0.25) is 0 Å². The first-order valence-electron chi connectivity index (χ1n) is 5.04. The summed E-state index contributed by atoms with van der Waals surface area (Å²) >= 11 is 0. The fourth-order valence-electron chi connectivity index (χ4n) is 1.60. The number of ether oxygens (including phenoxy) is 1. The van der Waals surface area contributed by atoms with Crippen molar-refractivity contribution in [3.05, 3.63) is 0 Å². The zero-order chi connectivity index (χ0) is 9.40. The van der Waals surface area contributed by atoms with Gasteiger partial charge in [0.15, 0.2) is 0 Å². The lowest BCUT2D eigenvalue weighted by Gasteiger charge is -2.18. The number of likely N-dealkylation sites (tertiary alicyclic amines) is 1. The molecule has 1 atom stereocenters. The van der Waals surface area contributed by atoms with Crippen LogP contribution in [0.5, 0.6) is 0 Å². The molecule has 74 valence electrons. The molecule has 0 unspecified atom stereocenters. The van der Waals surface area contributed by atoms with Gasteiger partial charge in [-0.3, -0.25) is 0 Å². The first-order chi connectivity index (χ1) is 5.84.